The minimum absolute atomic E-state index is 0.0899. The average molecular weight is 283 g/mol. The highest BCUT2D eigenvalue weighted by atomic mass is 16.5. The SMILES string of the molecule is COc1ccc([C@H]2CCCC[C@@]2(O)c2ccccn2)cc1. The molecule has 2 aromatic rings. The van der Waals surface area contributed by atoms with E-state index in [2.05, 4.69) is 17.1 Å². The standard InChI is InChI=1S/C18H21NO2/c1-21-15-10-8-14(9-11-15)16-6-2-4-12-18(16,20)17-7-3-5-13-19-17/h3,5,7-11,13,16,20H,2,4,6,12H2,1H3/t16-,18+/m1/s1. The minimum Gasteiger partial charge on any atom is -0.497 e. The number of hydrogen-bond donors (Lipinski definition) is 1. The van der Waals surface area contributed by atoms with Gasteiger partial charge in [-0.05, 0) is 42.7 Å². The van der Waals surface area contributed by atoms with Crippen LogP contribution in [0, 0.1) is 0 Å². The molecule has 1 aromatic heterocycles. The Balaban J connectivity index is 1.97. The molecule has 1 aliphatic carbocycles. The number of ether oxygens (including phenoxy) is 1. The fraction of sp³-hybridized carbons (Fsp3) is 0.389. The van der Waals surface area contributed by atoms with E-state index >= 15 is 0 Å². The molecule has 110 valence electrons. The van der Waals surface area contributed by atoms with E-state index in [1.807, 2.05) is 30.3 Å². The number of rotatable bonds is 3. The van der Waals surface area contributed by atoms with Gasteiger partial charge in [0.1, 0.15) is 11.4 Å². The summed E-state index contributed by atoms with van der Waals surface area (Å²) < 4.78 is 5.22. The monoisotopic (exact) mass is 283 g/mol. The second-order valence-electron chi connectivity index (χ2n) is 5.71. The number of nitrogens with zero attached hydrogens (tertiary/aromatic N) is 1. The molecule has 1 fully saturated rings. The van der Waals surface area contributed by atoms with Crippen LogP contribution in [0.2, 0.25) is 0 Å². The fourth-order valence-corrected chi connectivity index (χ4v) is 3.36. The molecule has 0 unspecified atom stereocenters. The zero-order chi connectivity index (χ0) is 14.7. The average Bonchev–Trinajstić information content (AvgIpc) is 2.56. The van der Waals surface area contributed by atoms with E-state index in [0.717, 1.165) is 42.7 Å². The Hall–Kier alpha value is -1.87. The van der Waals surface area contributed by atoms with Crippen molar-refractivity contribution in [3.8, 4) is 5.75 Å². The Bertz CT molecular complexity index is 582. The molecule has 3 heteroatoms. The van der Waals surface area contributed by atoms with Crippen LogP contribution >= 0.6 is 0 Å². The van der Waals surface area contributed by atoms with E-state index in [0.29, 0.717) is 0 Å². The number of benzene rings is 1. The van der Waals surface area contributed by atoms with Crippen molar-refractivity contribution in [2.45, 2.75) is 37.2 Å². The molecule has 3 rings (SSSR count). The van der Waals surface area contributed by atoms with Gasteiger partial charge in [0.15, 0.2) is 0 Å². The Kier molecular flexibility index (Phi) is 3.93. The van der Waals surface area contributed by atoms with Gasteiger partial charge in [0, 0.05) is 12.1 Å². The Labute approximate surface area is 125 Å². The smallest absolute Gasteiger partial charge is 0.118 e. The molecule has 0 amide bonds. The highest BCUT2D eigenvalue weighted by Crippen LogP contribution is 2.46. The van der Waals surface area contributed by atoms with Crippen LogP contribution in [0.4, 0.5) is 0 Å². The van der Waals surface area contributed by atoms with Crippen molar-refractivity contribution in [1.82, 2.24) is 4.98 Å². The van der Waals surface area contributed by atoms with Crippen LogP contribution in [0.1, 0.15) is 42.9 Å². The van der Waals surface area contributed by atoms with Crippen LogP contribution in [0.15, 0.2) is 48.7 Å². The molecule has 1 heterocycles. The molecule has 2 atom stereocenters. The number of methoxy groups -OCH3 is 1. The first-order valence-electron chi connectivity index (χ1n) is 7.52. The highest BCUT2D eigenvalue weighted by Gasteiger charge is 2.42. The van der Waals surface area contributed by atoms with E-state index < -0.39 is 5.60 Å². The molecule has 1 N–H and O–H groups in total. The van der Waals surface area contributed by atoms with Gasteiger partial charge >= 0.3 is 0 Å². The van der Waals surface area contributed by atoms with E-state index in [9.17, 15) is 5.11 Å². The number of aromatic nitrogens is 1. The van der Waals surface area contributed by atoms with Crippen LogP contribution < -0.4 is 4.74 Å². The highest BCUT2D eigenvalue weighted by molar-refractivity contribution is 5.33. The van der Waals surface area contributed by atoms with Gasteiger partial charge in [0.25, 0.3) is 0 Å². The molecular weight excluding hydrogens is 262 g/mol. The van der Waals surface area contributed by atoms with Crippen LogP contribution in [0.25, 0.3) is 0 Å². The summed E-state index contributed by atoms with van der Waals surface area (Å²) in [6.07, 6.45) is 5.69. The van der Waals surface area contributed by atoms with Crippen LogP contribution in [0.3, 0.4) is 0 Å². The summed E-state index contributed by atoms with van der Waals surface area (Å²) in [5.41, 5.74) is 1.07. The van der Waals surface area contributed by atoms with Gasteiger partial charge in [0.05, 0.1) is 12.8 Å². The molecule has 3 nitrogen and oxygen atoms in total. The lowest BCUT2D eigenvalue weighted by molar-refractivity contribution is -0.0262. The van der Waals surface area contributed by atoms with Gasteiger partial charge in [-0.25, -0.2) is 0 Å². The van der Waals surface area contributed by atoms with E-state index in [1.54, 1.807) is 13.3 Å². The number of aliphatic hydroxyl groups is 1. The molecule has 21 heavy (non-hydrogen) atoms. The van der Waals surface area contributed by atoms with Crippen LogP contribution in [-0.2, 0) is 5.60 Å². The maximum absolute atomic E-state index is 11.3. The predicted octanol–water partition coefficient (Wildman–Crippen LogP) is 3.64. The lowest BCUT2D eigenvalue weighted by Crippen LogP contribution is -2.37. The molecule has 1 aliphatic rings. The van der Waals surface area contributed by atoms with Gasteiger partial charge in [-0.2, -0.15) is 0 Å². The second-order valence-corrected chi connectivity index (χ2v) is 5.71. The summed E-state index contributed by atoms with van der Waals surface area (Å²) >= 11 is 0. The summed E-state index contributed by atoms with van der Waals surface area (Å²) in [5.74, 6) is 0.933. The van der Waals surface area contributed by atoms with E-state index in [-0.39, 0.29) is 5.92 Å². The third-order valence-corrected chi connectivity index (χ3v) is 4.50. The first-order valence-corrected chi connectivity index (χ1v) is 7.52. The number of pyridine rings is 1. The van der Waals surface area contributed by atoms with Gasteiger partial charge in [-0.3, -0.25) is 4.98 Å². The number of hydrogen-bond acceptors (Lipinski definition) is 3. The second kappa shape index (κ2) is 5.86. The lowest BCUT2D eigenvalue weighted by atomic mass is 9.70. The largest absolute Gasteiger partial charge is 0.497 e. The van der Waals surface area contributed by atoms with Crippen molar-refractivity contribution in [3.05, 3.63) is 59.9 Å². The normalized spacial score (nSPS) is 25.5. The first kappa shape index (κ1) is 14.1. The van der Waals surface area contributed by atoms with Crippen molar-refractivity contribution in [2.75, 3.05) is 7.11 Å². The Morgan fingerprint density at radius 2 is 1.95 bits per heavy atom. The summed E-state index contributed by atoms with van der Waals surface area (Å²) in [5, 5.41) is 11.3. The predicted molar refractivity (Wildman–Crippen MR) is 82.3 cm³/mol. The molecule has 0 spiro atoms. The van der Waals surface area contributed by atoms with Gasteiger partial charge in [0.2, 0.25) is 0 Å². The minimum atomic E-state index is -0.867. The van der Waals surface area contributed by atoms with Gasteiger partial charge in [-0.1, -0.05) is 31.0 Å². The van der Waals surface area contributed by atoms with Crippen molar-refractivity contribution < 1.29 is 9.84 Å². The zero-order valence-corrected chi connectivity index (χ0v) is 12.3. The molecule has 0 saturated heterocycles. The van der Waals surface area contributed by atoms with Crippen molar-refractivity contribution in [1.29, 1.82) is 0 Å². The topological polar surface area (TPSA) is 42.4 Å². The van der Waals surface area contributed by atoms with Gasteiger partial charge in [-0.15, -0.1) is 0 Å². The molecule has 0 radical (unpaired) electrons. The van der Waals surface area contributed by atoms with E-state index in [1.165, 1.54) is 0 Å². The van der Waals surface area contributed by atoms with Crippen molar-refractivity contribution in [2.24, 2.45) is 0 Å². The third-order valence-electron chi connectivity index (χ3n) is 4.50. The quantitative estimate of drug-likeness (QED) is 0.935. The zero-order valence-electron chi connectivity index (χ0n) is 12.3. The van der Waals surface area contributed by atoms with Crippen molar-refractivity contribution in [3.63, 3.8) is 0 Å². The van der Waals surface area contributed by atoms with Crippen LogP contribution in [0.5, 0.6) is 5.75 Å². The summed E-state index contributed by atoms with van der Waals surface area (Å²) in [6, 6.07) is 13.8. The third kappa shape index (κ3) is 2.66. The van der Waals surface area contributed by atoms with E-state index in [4.69, 9.17) is 4.74 Å². The molecule has 0 bridgehead atoms. The first-order chi connectivity index (χ1) is 10.2. The molecular formula is C18H21NO2. The Morgan fingerprint density at radius 3 is 2.62 bits per heavy atom. The summed E-state index contributed by atoms with van der Waals surface area (Å²) in [7, 11) is 1.67. The fourth-order valence-electron chi connectivity index (χ4n) is 3.36. The molecule has 0 aliphatic heterocycles. The maximum atomic E-state index is 11.3. The Morgan fingerprint density at radius 1 is 1.14 bits per heavy atom. The van der Waals surface area contributed by atoms with Crippen molar-refractivity contribution >= 4 is 0 Å². The summed E-state index contributed by atoms with van der Waals surface area (Å²) in [4.78, 5) is 4.41. The maximum Gasteiger partial charge on any atom is 0.118 e. The van der Waals surface area contributed by atoms with Gasteiger partial charge < -0.3 is 9.84 Å². The lowest BCUT2D eigenvalue weighted by Gasteiger charge is -2.40. The molecule has 1 saturated carbocycles. The molecule has 1 aromatic carbocycles. The van der Waals surface area contributed by atoms with Crippen LogP contribution in [-0.4, -0.2) is 17.2 Å². The summed E-state index contributed by atoms with van der Waals surface area (Å²) in [6.45, 7) is 0.